The van der Waals surface area contributed by atoms with Crippen molar-refractivity contribution in [2.24, 2.45) is 0 Å². The molecule has 166 valence electrons. The normalized spacial score (nSPS) is 10.9. The number of anilines is 2. The third kappa shape index (κ3) is 5.61. The molecule has 0 saturated heterocycles. The molecular weight excluding hydrogens is 434 g/mol. The van der Waals surface area contributed by atoms with Crippen LogP contribution in [0.25, 0.3) is 0 Å². The standard InChI is InChI=1S/C22H21N3O6S/c1-15-8-9-18(25(27)28)13-20(15)23-22(26)14-31-21-11-10-19(12-16(21)2)32(29,30)24-17-6-4-3-5-7-17/h3-13,24H,14H2,1-2H3,(H,23,26). The highest BCUT2D eigenvalue weighted by molar-refractivity contribution is 7.92. The van der Waals surface area contributed by atoms with Gasteiger partial charge in [0.15, 0.2) is 6.61 Å². The summed E-state index contributed by atoms with van der Waals surface area (Å²) in [6.45, 7) is 3.03. The molecule has 0 heterocycles. The number of sulfonamides is 1. The largest absolute Gasteiger partial charge is 0.483 e. The van der Waals surface area contributed by atoms with E-state index in [2.05, 4.69) is 10.0 Å². The van der Waals surface area contributed by atoms with E-state index in [0.717, 1.165) is 0 Å². The summed E-state index contributed by atoms with van der Waals surface area (Å²) in [7, 11) is -3.78. The van der Waals surface area contributed by atoms with E-state index >= 15 is 0 Å². The maximum atomic E-state index is 12.6. The molecule has 0 aliphatic carbocycles. The van der Waals surface area contributed by atoms with E-state index in [9.17, 15) is 23.3 Å². The van der Waals surface area contributed by atoms with Crippen molar-refractivity contribution in [1.82, 2.24) is 0 Å². The van der Waals surface area contributed by atoms with Gasteiger partial charge in [-0.05, 0) is 55.3 Å². The zero-order valence-corrected chi connectivity index (χ0v) is 18.2. The molecule has 0 bridgehead atoms. The molecule has 0 aromatic heterocycles. The maximum Gasteiger partial charge on any atom is 0.271 e. The van der Waals surface area contributed by atoms with Crippen molar-refractivity contribution in [3.05, 3.63) is 88.0 Å². The van der Waals surface area contributed by atoms with Gasteiger partial charge in [-0.25, -0.2) is 8.42 Å². The molecule has 0 aliphatic heterocycles. The molecule has 0 radical (unpaired) electrons. The van der Waals surface area contributed by atoms with Gasteiger partial charge in [0.2, 0.25) is 0 Å². The Bertz CT molecular complexity index is 1260. The molecule has 0 spiro atoms. The van der Waals surface area contributed by atoms with Crippen LogP contribution >= 0.6 is 0 Å². The van der Waals surface area contributed by atoms with E-state index in [1.807, 2.05) is 0 Å². The molecule has 1 amide bonds. The summed E-state index contributed by atoms with van der Waals surface area (Å²) in [5.74, 6) is -0.162. The van der Waals surface area contributed by atoms with Crippen LogP contribution in [0.2, 0.25) is 0 Å². The first kappa shape index (κ1) is 22.8. The Morgan fingerprint density at radius 2 is 1.72 bits per heavy atom. The smallest absolute Gasteiger partial charge is 0.271 e. The number of benzene rings is 3. The van der Waals surface area contributed by atoms with Gasteiger partial charge in [0.25, 0.3) is 21.6 Å². The number of amides is 1. The molecule has 3 aromatic carbocycles. The summed E-state index contributed by atoms with van der Waals surface area (Å²) in [4.78, 5) is 22.7. The Hall–Kier alpha value is -3.92. The summed E-state index contributed by atoms with van der Waals surface area (Å²) in [5, 5.41) is 13.5. The van der Waals surface area contributed by atoms with Crippen molar-refractivity contribution in [3.63, 3.8) is 0 Å². The number of nitro groups is 1. The quantitative estimate of drug-likeness (QED) is 0.390. The Morgan fingerprint density at radius 1 is 1.00 bits per heavy atom. The first-order valence-electron chi connectivity index (χ1n) is 9.52. The number of para-hydroxylation sites is 1. The fourth-order valence-electron chi connectivity index (χ4n) is 2.86. The third-order valence-electron chi connectivity index (χ3n) is 4.55. The number of nitrogens with zero attached hydrogens (tertiary/aromatic N) is 1. The summed E-state index contributed by atoms with van der Waals surface area (Å²) in [6.07, 6.45) is 0. The van der Waals surface area contributed by atoms with E-state index in [0.29, 0.717) is 28.3 Å². The van der Waals surface area contributed by atoms with Crippen LogP contribution in [0.15, 0.2) is 71.6 Å². The lowest BCUT2D eigenvalue weighted by Crippen LogP contribution is -2.21. The minimum atomic E-state index is -3.78. The van der Waals surface area contributed by atoms with Crippen molar-refractivity contribution >= 4 is 33.0 Å². The third-order valence-corrected chi connectivity index (χ3v) is 5.93. The second kappa shape index (κ2) is 9.48. The number of carbonyl (C=O) groups excluding carboxylic acids is 1. The number of hydrogen-bond donors (Lipinski definition) is 2. The highest BCUT2D eigenvalue weighted by atomic mass is 32.2. The van der Waals surface area contributed by atoms with E-state index in [1.54, 1.807) is 50.2 Å². The van der Waals surface area contributed by atoms with Crippen molar-refractivity contribution in [2.75, 3.05) is 16.6 Å². The second-order valence-corrected chi connectivity index (χ2v) is 8.67. The minimum absolute atomic E-state index is 0.0582. The number of hydrogen-bond acceptors (Lipinski definition) is 6. The Labute approximate surface area is 185 Å². The Kier molecular flexibility index (Phi) is 6.74. The fourth-order valence-corrected chi connectivity index (χ4v) is 4.00. The molecule has 3 rings (SSSR count). The average molecular weight is 455 g/mol. The van der Waals surface area contributed by atoms with Crippen molar-refractivity contribution in [2.45, 2.75) is 18.7 Å². The van der Waals surface area contributed by atoms with E-state index in [1.165, 1.54) is 30.3 Å². The SMILES string of the molecule is Cc1ccc([N+](=O)[O-])cc1NC(=O)COc1ccc(S(=O)(=O)Nc2ccccc2)cc1C. The van der Waals surface area contributed by atoms with Gasteiger partial charge in [-0.15, -0.1) is 0 Å². The number of carbonyl (C=O) groups is 1. The van der Waals surface area contributed by atoms with Gasteiger partial charge >= 0.3 is 0 Å². The van der Waals surface area contributed by atoms with Crippen LogP contribution < -0.4 is 14.8 Å². The number of nitrogens with one attached hydrogen (secondary N) is 2. The summed E-state index contributed by atoms with van der Waals surface area (Å²) in [5.41, 5.74) is 1.82. The van der Waals surface area contributed by atoms with Crippen LogP contribution in [0.3, 0.4) is 0 Å². The molecule has 0 fully saturated rings. The van der Waals surface area contributed by atoms with Gasteiger partial charge in [-0.1, -0.05) is 24.3 Å². The predicted octanol–water partition coefficient (Wildman–Crippen LogP) is 4.03. The number of aryl methyl sites for hydroxylation is 2. The molecule has 0 saturated carbocycles. The maximum absolute atomic E-state index is 12.6. The number of nitro benzene ring substituents is 1. The highest BCUT2D eigenvalue weighted by Gasteiger charge is 2.17. The number of non-ortho nitro benzene ring substituents is 1. The average Bonchev–Trinajstić information content (AvgIpc) is 2.74. The molecule has 32 heavy (non-hydrogen) atoms. The molecule has 0 atom stereocenters. The van der Waals surface area contributed by atoms with Gasteiger partial charge in [0.1, 0.15) is 5.75 Å². The first-order valence-corrected chi connectivity index (χ1v) is 11.0. The summed E-state index contributed by atoms with van der Waals surface area (Å²) < 4.78 is 33.2. The van der Waals surface area contributed by atoms with Gasteiger partial charge < -0.3 is 10.1 Å². The molecular formula is C22H21N3O6S. The van der Waals surface area contributed by atoms with E-state index in [-0.39, 0.29) is 17.2 Å². The van der Waals surface area contributed by atoms with Crippen molar-refractivity contribution in [1.29, 1.82) is 0 Å². The van der Waals surface area contributed by atoms with Gasteiger partial charge in [0.05, 0.1) is 15.5 Å². The van der Waals surface area contributed by atoms with E-state index in [4.69, 9.17) is 4.74 Å². The molecule has 0 unspecified atom stereocenters. The van der Waals surface area contributed by atoms with Gasteiger partial charge in [-0.2, -0.15) is 0 Å². The zero-order valence-electron chi connectivity index (χ0n) is 17.4. The van der Waals surface area contributed by atoms with Crippen LogP contribution in [0.1, 0.15) is 11.1 Å². The predicted molar refractivity (Wildman–Crippen MR) is 120 cm³/mol. The van der Waals surface area contributed by atoms with Crippen LogP contribution in [0.4, 0.5) is 17.1 Å². The topological polar surface area (TPSA) is 128 Å². The number of rotatable bonds is 8. The lowest BCUT2D eigenvalue weighted by molar-refractivity contribution is -0.384. The minimum Gasteiger partial charge on any atom is -0.483 e. The second-order valence-electron chi connectivity index (χ2n) is 6.99. The first-order chi connectivity index (χ1) is 15.2. The Morgan fingerprint density at radius 3 is 2.38 bits per heavy atom. The van der Waals surface area contributed by atoms with Crippen LogP contribution in [-0.2, 0) is 14.8 Å². The molecule has 2 N–H and O–H groups in total. The molecule has 10 heteroatoms. The lowest BCUT2D eigenvalue weighted by Gasteiger charge is -2.13. The lowest BCUT2D eigenvalue weighted by atomic mass is 10.2. The van der Waals surface area contributed by atoms with Crippen LogP contribution in [-0.4, -0.2) is 25.9 Å². The van der Waals surface area contributed by atoms with Crippen LogP contribution in [0.5, 0.6) is 5.75 Å². The molecule has 3 aromatic rings. The summed E-state index contributed by atoms with van der Waals surface area (Å²) >= 11 is 0. The molecule has 9 nitrogen and oxygen atoms in total. The number of ether oxygens (including phenoxy) is 1. The van der Waals surface area contributed by atoms with Gasteiger partial charge in [-0.3, -0.25) is 19.6 Å². The van der Waals surface area contributed by atoms with E-state index < -0.39 is 20.9 Å². The fraction of sp³-hybridized carbons (Fsp3) is 0.136. The zero-order chi connectivity index (χ0) is 23.3. The monoisotopic (exact) mass is 455 g/mol. The molecule has 0 aliphatic rings. The summed E-state index contributed by atoms with van der Waals surface area (Å²) in [6, 6.07) is 17.0. The Balaban J connectivity index is 1.66. The van der Waals surface area contributed by atoms with Crippen LogP contribution in [0, 0.1) is 24.0 Å². The van der Waals surface area contributed by atoms with Crippen molar-refractivity contribution < 1.29 is 22.9 Å². The highest BCUT2D eigenvalue weighted by Crippen LogP contribution is 2.24. The van der Waals surface area contributed by atoms with Gasteiger partial charge in [0, 0.05) is 17.8 Å². The van der Waals surface area contributed by atoms with Crippen molar-refractivity contribution in [3.8, 4) is 5.75 Å².